The molecule has 2 aromatic rings. The maximum absolute atomic E-state index is 13.4. The normalized spacial score (nSPS) is 29.8. The Morgan fingerprint density at radius 1 is 0.958 bits per heavy atom. The Kier molecular flexibility index (Phi) is 4.15. The van der Waals surface area contributed by atoms with Gasteiger partial charge >= 0.3 is 0 Å². The van der Waals surface area contributed by atoms with E-state index in [1.54, 1.807) is 12.1 Å². The molecule has 0 spiro atoms. The molecule has 0 aromatic heterocycles. The van der Waals surface area contributed by atoms with Gasteiger partial charge in [-0.3, -0.25) is 4.90 Å². The summed E-state index contributed by atoms with van der Waals surface area (Å²) in [5.74, 6) is -0.222. The monoisotopic (exact) mass is 325 g/mol. The Morgan fingerprint density at radius 3 is 2.29 bits per heavy atom. The van der Waals surface area contributed by atoms with E-state index < -0.39 is 5.60 Å². The second-order valence-corrected chi connectivity index (χ2v) is 7.48. The minimum Gasteiger partial charge on any atom is -0.389 e. The SMILES string of the molecule is OC1(Cc2cccc(F)c2)CC2CCC(C1)N2Cc1ccccc1. The molecular formula is C21H24FNO. The van der Waals surface area contributed by atoms with Crippen LogP contribution in [0, 0.1) is 5.82 Å². The Balaban J connectivity index is 1.47. The van der Waals surface area contributed by atoms with E-state index in [0.29, 0.717) is 18.5 Å². The summed E-state index contributed by atoms with van der Waals surface area (Å²) in [5, 5.41) is 11.1. The summed E-state index contributed by atoms with van der Waals surface area (Å²) in [6.45, 7) is 0.965. The molecule has 0 amide bonds. The molecule has 24 heavy (non-hydrogen) atoms. The highest BCUT2D eigenvalue weighted by Crippen LogP contribution is 2.42. The lowest BCUT2D eigenvalue weighted by molar-refractivity contribution is -0.0540. The molecule has 2 aliphatic heterocycles. The van der Waals surface area contributed by atoms with Crippen LogP contribution in [-0.4, -0.2) is 27.7 Å². The van der Waals surface area contributed by atoms with Crippen molar-refractivity contribution in [2.45, 2.75) is 56.3 Å². The van der Waals surface area contributed by atoms with Gasteiger partial charge in [-0.1, -0.05) is 42.5 Å². The summed E-state index contributed by atoms with van der Waals surface area (Å²) in [7, 11) is 0. The van der Waals surface area contributed by atoms with Crippen molar-refractivity contribution >= 4 is 0 Å². The summed E-state index contributed by atoms with van der Waals surface area (Å²) in [5.41, 5.74) is 1.53. The number of halogens is 1. The number of piperidine rings is 1. The number of aliphatic hydroxyl groups is 1. The number of fused-ring (bicyclic) bond motifs is 2. The van der Waals surface area contributed by atoms with E-state index in [4.69, 9.17) is 0 Å². The minimum absolute atomic E-state index is 0.222. The van der Waals surface area contributed by atoms with E-state index in [1.807, 2.05) is 12.1 Å². The summed E-state index contributed by atoms with van der Waals surface area (Å²) in [6, 6.07) is 18.1. The Hall–Kier alpha value is -1.71. The van der Waals surface area contributed by atoms with Gasteiger partial charge in [-0.2, -0.15) is 0 Å². The average Bonchev–Trinajstić information content (AvgIpc) is 2.80. The fraction of sp³-hybridized carbons (Fsp3) is 0.429. The molecule has 2 aliphatic rings. The van der Waals surface area contributed by atoms with Crippen molar-refractivity contribution < 1.29 is 9.50 Å². The van der Waals surface area contributed by atoms with Crippen molar-refractivity contribution in [2.24, 2.45) is 0 Å². The standard InChI is InChI=1S/C21H24FNO/c22-18-8-4-7-17(11-18)12-21(24)13-19-9-10-20(14-21)23(19)15-16-5-2-1-3-6-16/h1-8,11,19-20,24H,9-10,12-15H2. The number of hydrogen-bond acceptors (Lipinski definition) is 2. The molecule has 4 rings (SSSR count). The Morgan fingerprint density at radius 2 is 1.62 bits per heavy atom. The number of nitrogens with zero attached hydrogens (tertiary/aromatic N) is 1. The maximum atomic E-state index is 13.4. The first-order valence-corrected chi connectivity index (χ1v) is 8.88. The highest BCUT2D eigenvalue weighted by molar-refractivity contribution is 5.21. The van der Waals surface area contributed by atoms with Gasteiger partial charge in [0.05, 0.1) is 5.60 Å². The zero-order valence-electron chi connectivity index (χ0n) is 13.9. The third kappa shape index (κ3) is 3.24. The highest BCUT2D eigenvalue weighted by atomic mass is 19.1. The summed E-state index contributed by atoms with van der Waals surface area (Å²) < 4.78 is 13.4. The van der Waals surface area contributed by atoms with E-state index in [-0.39, 0.29) is 5.82 Å². The van der Waals surface area contributed by atoms with Crippen molar-refractivity contribution in [3.05, 3.63) is 71.5 Å². The third-order valence-electron chi connectivity index (χ3n) is 5.63. The van der Waals surface area contributed by atoms with Crippen molar-refractivity contribution in [1.82, 2.24) is 4.90 Å². The fourth-order valence-corrected chi connectivity index (χ4v) is 4.64. The van der Waals surface area contributed by atoms with Crippen LogP contribution in [0.5, 0.6) is 0 Å². The zero-order valence-corrected chi connectivity index (χ0v) is 13.9. The minimum atomic E-state index is -0.702. The molecule has 2 atom stereocenters. The second kappa shape index (κ2) is 6.30. The van der Waals surface area contributed by atoms with Gasteiger partial charge in [0.15, 0.2) is 0 Å². The summed E-state index contributed by atoms with van der Waals surface area (Å²) in [6.07, 6.45) is 4.43. The van der Waals surface area contributed by atoms with Crippen molar-refractivity contribution in [2.75, 3.05) is 0 Å². The van der Waals surface area contributed by atoms with E-state index in [1.165, 1.54) is 11.6 Å². The van der Waals surface area contributed by atoms with Crippen LogP contribution in [0.4, 0.5) is 4.39 Å². The molecule has 2 unspecified atom stereocenters. The lowest BCUT2D eigenvalue weighted by atomic mass is 9.81. The molecule has 2 saturated heterocycles. The fourth-order valence-electron chi connectivity index (χ4n) is 4.64. The second-order valence-electron chi connectivity index (χ2n) is 7.48. The molecule has 126 valence electrons. The molecule has 2 heterocycles. The van der Waals surface area contributed by atoms with Gasteiger partial charge in [0.1, 0.15) is 5.82 Å². The first-order valence-electron chi connectivity index (χ1n) is 8.88. The van der Waals surface area contributed by atoms with E-state index in [2.05, 4.69) is 29.2 Å². The van der Waals surface area contributed by atoms with Gasteiger partial charge in [-0.05, 0) is 48.9 Å². The quantitative estimate of drug-likeness (QED) is 0.921. The van der Waals surface area contributed by atoms with Crippen LogP contribution >= 0.6 is 0 Å². The van der Waals surface area contributed by atoms with Crippen molar-refractivity contribution in [3.8, 4) is 0 Å². The smallest absolute Gasteiger partial charge is 0.123 e. The van der Waals surface area contributed by atoms with Gasteiger partial charge in [0.25, 0.3) is 0 Å². The molecule has 0 saturated carbocycles. The molecule has 2 nitrogen and oxygen atoms in total. The van der Waals surface area contributed by atoms with Crippen LogP contribution in [0.3, 0.4) is 0 Å². The molecule has 3 heteroatoms. The van der Waals surface area contributed by atoms with Crippen LogP contribution in [0.2, 0.25) is 0 Å². The predicted octanol–water partition coefficient (Wildman–Crippen LogP) is 3.93. The first kappa shape index (κ1) is 15.8. The predicted molar refractivity (Wildman–Crippen MR) is 93.1 cm³/mol. The molecule has 2 bridgehead atoms. The van der Waals surface area contributed by atoms with Crippen LogP contribution in [0.15, 0.2) is 54.6 Å². The van der Waals surface area contributed by atoms with Crippen LogP contribution < -0.4 is 0 Å². The number of benzene rings is 2. The molecule has 2 fully saturated rings. The van der Waals surface area contributed by atoms with Crippen LogP contribution in [-0.2, 0) is 13.0 Å². The van der Waals surface area contributed by atoms with Crippen molar-refractivity contribution in [3.63, 3.8) is 0 Å². The molecular weight excluding hydrogens is 301 g/mol. The zero-order chi connectivity index (χ0) is 16.6. The largest absolute Gasteiger partial charge is 0.389 e. The number of hydrogen-bond donors (Lipinski definition) is 1. The van der Waals surface area contributed by atoms with Gasteiger partial charge in [-0.25, -0.2) is 4.39 Å². The molecule has 0 radical (unpaired) electrons. The third-order valence-corrected chi connectivity index (χ3v) is 5.63. The average molecular weight is 325 g/mol. The first-order chi connectivity index (χ1) is 11.6. The van der Waals surface area contributed by atoms with Gasteiger partial charge in [0.2, 0.25) is 0 Å². The molecule has 0 aliphatic carbocycles. The van der Waals surface area contributed by atoms with Crippen molar-refractivity contribution in [1.29, 1.82) is 0 Å². The van der Waals surface area contributed by atoms with Gasteiger partial charge < -0.3 is 5.11 Å². The van der Waals surface area contributed by atoms with Crippen LogP contribution in [0.1, 0.15) is 36.8 Å². The molecule has 2 aromatic carbocycles. The van der Waals surface area contributed by atoms with E-state index in [0.717, 1.165) is 37.8 Å². The molecule has 1 N–H and O–H groups in total. The Bertz CT molecular complexity index is 688. The number of rotatable bonds is 4. The van der Waals surface area contributed by atoms with Gasteiger partial charge in [-0.15, -0.1) is 0 Å². The lowest BCUT2D eigenvalue weighted by Gasteiger charge is -2.44. The lowest BCUT2D eigenvalue weighted by Crippen LogP contribution is -2.51. The highest BCUT2D eigenvalue weighted by Gasteiger charge is 2.47. The summed E-state index contributed by atoms with van der Waals surface area (Å²) in [4.78, 5) is 2.56. The van der Waals surface area contributed by atoms with Crippen LogP contribution in [0.25, 0.3) is 0 Å². The van der Waals surface area contributed by atoms with E-state index in [9.17, 15) is 9.50 Å². The Labute approximate surface area is 142 Å². The maximum Gasteiger partial charge on any atom is 0.123 e. The summed E-state index contributed by atoms with van der Waals surface area (Å²) >= 11 is 0. The van der Waals surface area contributed by atoms with Gasteiger partial charge in [0, 0.05) is 25.0 Å². The topological polar surface area (TPSA) is 23.5 Å². The van der Waals surface area contributed by atoms with E-state index >= 15 is 0 Å².